The second-order valence-electron chi connectivity index (χ2n) is 9.30. The van der Waals surface area contributed by atoms with E-state index in [2.05, 4.69) is 31.1 Å². The third-order valence-corrected chi connectivity index (χ3v) is 5.46. The molecule has 0 spiro atoms. The number of nitrogens with one attached hydrogen (secondary N) is 2. The molecule has 32 heavy (non-hydrogen) atoms. The van der Waals surface area contributed by atoms with Crippen molar-refractivity contribution < 1.29 is 19.1 Å². The minimum Gasteiger partial charge on any atom is -0.456 e. The van der Waals surface area contributed by atoms with Gasteiger partial charge in [-0.15, -0.1) is 0 Å². The molecule has 2 aromatic carbocycles. The van der Waals surface area contributed by atoms with Gasteiger partial charge in [-0.1, -0.05) is 65.0 Å². The predicted molar refractivity (Wildman–Crippen MR) is 125 cm³/mol. The van der Waals surface area contributed by atoms with Crippen molar-refractivity contribution in [3.8, 4) is 0 Å². The van der Waals surface area contributed by atoms with Crippen molar-refractivity contribution in [3.05, 3.63) is 71.4 Å². The first-order valence-electron chi connectivity index (χ1n) is 10.8. The molecular weight excluding hydrogens is 404 g/mol. The number of carbonyl (C=O) groups excluding carboxylic acids is 3. The van der Waals surface area contributed by atoms with Crippen LogP contribution in [0, 0.1) is 5.92 Å². The molecule has 1 atom stereocenters. The Morgan fingerprint density at radius 1 is 1.00 bits per heavy atom. The molecule has 0 fully saturated rings. The van der Waals surface area contributed by atoms with Crippen molar-refractivity contribution >= 4 is 28.6 Å². The number of aromatic nitrogens is 1. The van der Waals surface area contributed by atoms with Gasteiger partial charge in [0, 0.05) is 28.2 Å². The van der Waals surface area contributed by atoms with E-state index in [1.54, 1.807) is 18.3 Å². The van der Waals surface area contributed by atoms with Gasteiger partial charge in [-0.05, 0) is 35.1 Å². The van der Waals surface area contributed by atoms with Crippen LogP contribution in [-0.2, 0) is 14.9 Å². The summed E-state index contributed by atoms with van der Waals surface area (Å²) in [4.78, 5) is 41.0. The van der Waals surface area contributed by atoms with E-state index < -0.39 is 12.0 Å². The molecule has 6 nitrogen and oxygen atoms in total. The number of fused-ring (bicyclic) bond motifs is 1. The van der Waals surface area contributed by atoms with Gasteiger partial charge in [0.1, 0.15) is 6.04 Å². The molecule has 1 amide bonds. The number of ether oxygens (including phenoxy) is 1. The minimum atomic E-state index is -0.861. The van der Waals surface area contributed by atoms with Crippen LogP contribution in [-0.4, -0.2) is 35.3 Å². The fraction of sp³-hybridized carbons (Fsp3) is 0.346. The lowest BCUT2D eigenvalue weighted by atomic mass is 9.86. The summed E-state index contributed by atoms with van der Waals surface area (Å²) in [6.07, 6.45) is 1.61. The number of benzene rings is 2. The molecule has 1 heterocycles. The fourth-order valence-electron chi connectivity index (χ4n) is 3.45. The van der Waals surface area contributed by atoms with E-state index in [-0.39, 0.29) is 29.6 Å². The largest absolute Gasteiger partial charge is 0.456 e. The molecule has 0 saturated heterocycles. The maximum atomic E-state index is 12.7. The maximum Gasteiger partial charge on any atom is 0.329 e. The van der Waals surface area contributed by atoms with Crippen LogP contribution in [0.2, 0.25) is 0 Å². The van der Waals surface area contributed by atoms with Crippen molar-refractivity contribution in [1.29, 1.82) is 0 Å². The highest BCUT2D eigenvalue weighted by molar-refractivity contribution is 6.09. The molecule has 168 valence electrons. The lowest BCUT2D eigenvalue weighted by Crippen LogP contribution is -2.45. The second kappa shape index (κ2) is 9.39. The number of carbonyl (C=O) groups is 3. The van der Waals surface area contributed by atoms with Gasteiger partial charge in [0.05, 0.1) is 0 Å². The number of hydrogen-bond donors (Lipinski definition) is 2. The standard InChI is InChI=1S/C26H30N2O4/c1-16(2)23(28-24(30)17-10-12-18(13-11-17)26(3,4)5)25(31)32-15-22(29)20-14-27-21-9-7-6-8-19(20)21/h6-14,16,23,27H,15H2,1-5H3,(H,28,30)/t23-/m1/s1. The third-order valence-electron chi connectivity index (χ3n) is 5.46. The Hall–Kier alpha value is -3.41. The zero-order valence-corrected chi connectivity index (χ0v) is 19.2. The van der Waals surface area contributed by atoms with Crippen molar-refractivity contribution in [2.45, 2.75) is 46.1 Å². The summed E-state index contributed by atoms with van der Waals surface area (Å²) >= 11 is 0. The van der Waals surface area contributed by atoms with Crippen LogP contribution in [0.3, 0.4) is 0 Å². The number of amides is 1. The van der Waals surface area contributed by atoms with Crippen LogP contribution in [0.15, 0.2) is 54.7 Å². The Bertz CT molecular complexity index is 1120. The first kappa shape index (κ1) is 23.3. The number of aromatic amines is 1. The molecule has 6 heteroatoms. The van der Waals surface area contributed by atoms with E-state index >= 15 is 0 Å². The summed E-state index contributed by atoms with van der Waals surface area (Å²) in [5.74, 6) is -1.50. The quantitative estimate of drug-likeness (QED) is 0.419. The molecule has 2 N–H and O–H groups in total. The molecule has 3 rings (SSSR count). The minimum absolute atomic E-state index is 0.0173. The van der Waals surface area contributed by atoms with Gasteiger partial charge >= 0.3 is 5.97 Å². The normalized spacial score (nSPS) is 12.6. The molecule has 0 bridgehead atoms. The van der Waals surface area contributed by atoms with Crippen molar-refractivity contribution in [2.24, 2.45) is 5.92 Å². The fourth-order valence-corrected chi connectivity index (χ4v) is 3.45. The van der Waals surface area contributed by atoms with Crippen molar-refractivity contribution in [1.82, 2.24) is 10.3 Å². The lowest BCUT2D eigenvalue weighted by Gasteiger charge is -2.21. The molecule has 1 aromatic heterocycles. The topological polar surface area (TPSA) is 88.3 Å². The Balaban J connectivity index is 1.64. The zero-order chi connectivity index (χ0) is 23.5. The van der Waals surface area contributed by atoms with Crippen molar-refractivity contribution in [3.63, 3.8) is 0 Å². The third kappa shape index (κ3) is 5.25. The highest BCUT2D eigenvalue weighted by atomic mass is 16.5. The highest BCUT2D eigenvalue weighted by Gasteiger charge is 2.27. The van der Waals surface area contributed by atoms with Gasteiger partial charge in [-0.2, -0.15) is 0 Å². The highest BCUT2D eigenvalue weighted by Crippen LogP contribution is 2.22. The van der Waals surface area contributed by atoms with Gasteiger partial charge in [0.25, 0.3) is 5.91 Å². The molecule has 0 saturated carbocycles. The molecule has 0 aliphatic rings. The summed E-state index contributed by atoms with van der Waals surface area (Å²) in [6, 6.07) is 13.9. The molecule has 0 unspecified atom stereocenters. The second-order valence-corrected chi connectivity index (χ2v) is 9.30. The van der Waals surface area contributed by atoms with Gasteiger partial charge in [-0.3, -0.25) is 9.59 Å². The Labute approximate surface area is 188 Å². The number of esters is 1. The average molecular weight is 435 g/mol. The predicted octanol–water partition coefficient (Wildman–Crippen LogP) is 4.65. The Morgan fingerprint density at radius 3 is 2.28 bits per heavy atom. The van der Waals surface area contributed by atoms with E-state index in [0.29, 0.717) is 11.1 Å². The van der Waals surface area contributed by atoms with Crippen LogP contribution >= 0.6 is 0 Å². The SMILES string of the molecule is CC(C)[C@@H](NC(=O)c1ccc(C(C)(C)C)cc1)C(=O)OCC(=O)c1c[nH]c2ccccc12. The molecule has 0 aliphatic heterocycles. The van der Waals surface area contributed by atoms with Crippen LogP contribution < -0.4 is 5.32 Å². The average Bonchev–Trinajstić information content (AvgIpc) is 3.19. The van der Waals surface area contributed by atoms with E-state index in [1.807, 2.05) is 50.2 Å². The first-order chi connectivity index (χ1) is 15.1. The summed E-state index contributed by atoms with van der Waals surface area (Å²) in [5.41, 5.74) is 2.87. The van der Waals surface area contributed by atoms with Gasteiger partial charge in [-0.25, -0.2) is 4.79 Å². The number of H-pyrrole nitrogens is 1. The summed E-state index contributed by atoms with van der Waals surface area (Å²) in [6.45, 7) is 9.55. The number of rotatable bonds is 7. The van der Waals surface area contributed by atoms with Crippen LogP contribution in [0.4, 0.5) is 0 Å². The summed E-state index contributed by atoms with van der Waals surface area (Å²) in [7, 11) is 0. The zero-order valence-electron chi connectivity index (χ0n) is 19.2. The number of Topliss-reactive ketones (excluding diaryl/α,β-unsaturated/α-hetero) is 1. The van der Waals surface area contributed by atoms with Gasteiger partial charge in [0.2, 0.25) is 5.78 Å². The number of hydrogen-bond acceptors (Lipinski definition) is 4. The summed E-state index contributed by atoms with van der Waals surface area (Å²) < 4.78 is 5.28. The van der Waals surface area contributed by atoms with Gasteiger partial charge < -0.3 is 15.0 Å². The van der Waals surface area contributed by atoms with E-state index in [0.717, 1.165) is 16.5 Å². The van der Waals surface area contributed by atoms with Crippen molar-refractivity contribution in [2.75, 3.05) is 6.61 Å². The maximum absolute atomic E-state index is 12.7. The molecule has 3 aromatic rings. The first-order valence-corrected chi connectivity index (χ1v) is 10.8. The van der Waals surface area contributed by atoms with E-state index in [1.165, 1.54) is 0 Å². The number of ketones is 1. The van der Waals surface area contributed by atoms with Crippen LogP contribution in [0.25, 0.3) is 10.9 Å². The van der Waals surface area contributed by atoms with E-state index in [9.17, 15) is 14.4 Å². The molecule has 0 radical (unpaired) electrons. The molecule has 0 aliphatic carbocycles. The monoisotopic (exact) mass is 434 g/mol. The smallest absolute Gasteiger partial charge is 0.329 e. The van der Waals surface area contributed by atoms with Gasteiger partial charge in [0.15, 0.2) is 6.61 Å². The van der Waals surface area contributed by atoms with Crippen LogP contribution in [0.1, 0.15) is 60.9 Å². The molecular formula is C26H30N2O4. The Morgan fingerprint density at radius 2 is 1.66 bits per heavy atom. The van der Waals surface area contributed by atoms with Crippen LogP contribution in [0.5, 0.6) is 0 Å². The number of para-hydroxylation sites is 1. The Kier molecular flexibility index (Phi) is 6.82. The summed E-state index contributed by atoms with van der Waals surface area (Å²) in [5, 5.41) is 3.53. The lowest BCUT2D eigenvalue weighted by molar-refractivity contribution is -0.145. The van der Waals surface area contributed by atoms with E-state index in [4.69, 9.17) is 4.74 Å².